The molecule has 2 aromatic rings. The van der Waals surface area contributed by atoms with Crippen molar-refractivity contribution in [3.8, 4) is 5.88 Å². The fourth-order valence-electron chi connectivity index (χ4n) is 4.48. The van der Waals surface area contributed by atoms with Crippen molar-refractivity contribution in [1.82, 2.24) is 10.3 Å². The number of benzene rings is 1. The number of rotatable bonds is 5. The maximum absolute atomic E-state index is 10.6. The third kappa shape index (κ3) is 3.21. The second-order valence-electron chi connectivity index (χ2n) is 7.35. The molecule has 0 saturated heterocycles. The molecule has 1 aliphatic carbocycles. The number of aromatic hydroxyl groups is 1. The van der Waals surface area contributed by atoms with Crippen molar-refractivity contribution in [2.75, 3.05) is 18.0 Å². The maximum atomic E-state index is 10.6. The summed E-state index contributed by atoms with van der Waals surface area (Å²) in [6, 6.07) is 7.02. The third-order valence-electron chi connectivity index (χ3n) is 5.79. The zero-order chi connectivity index (χ0) is 18.1. The van der Waals surface area contributed by atoms with Gasteiger partial charge in [-0.05, 0) is 49.8 Å². The number of carboxylic acids is 1. The molecule has 1 aliphatic heterocycles. The number of pyridine rings is 1. The highest BCUT2D eigenvalue weighted by atomic mass is 16.4. The lowest BCUT2D eigenvalue weighted by atomic mass is 9.88. The van der Waals surface area contributed by atoms with Crippen molar-refractivity contribution < 1.29 is 15.0 Å². The van der Waals surface area contributed by atoms with Crippen LogP contribution in [0.15, 0.2) is 24.4 Å². The van der Waals surface area contributed by atoms with Gasteiger partial charge >= 0.3 is 5.97 Å². The molecule has 0 atom stereocenters. The Kier molecular flexibility index (Phi) is 4.68. The van der Waals surface area contributed by atoms with Gasteiger partial charge in [-0.3, -0.25) is 4.79 Å². The van der Waals surface area contributed by atoms with Crippen LogP contribution in [0.2, 0.25) is 0 Å². The molecule has 1 aromatic carbocycles. The molecule has 6 heteroatoms. The largest absolute Gasteiger partial charge is 0.493 e. The molecule has 0 radical (unpaired) electrons. The number of nitrogens with zero attached hydrogens (tertiary/aromatic N) is 2. The second-order valence-corrected chi connectivity index (χ2v) is 7.35. The van der Waals surface area contributed by atoms with E-state index in [0.717, 1.165) is 49.4 Å². The maximum Gasteiger partial charge on any atom is 0.304 e. The molecule has 6 nitrogen and oxygen atoms in total. The average molecular weight is 355 g/mol. The molecule has 0 spiro atoms. The van der Waals surface area contributed by atoms with Gasteiger partial charge in [0.05, 0.1) is 6.42 Å². The van der Waals surface area contributed by atoms with Crippen LogP contribution in [0.5, 0.6) is 5.88 Å². The van der Waals surface area contributed by atoms with Crippen LogP contribution in [0, 0.1) is 0 Å². The average Bonchev–Trinajstić information content (AvgIpc) is 2.65. The highest BCUT2D eigenvalue weighted by Crippen LogP contribution is 2.39. The van der Waals surface area contributed by atoms with Gasteiger partial charge in [-0.2, -0.15) is 0 Å². The topological polar surface area (TPSA) is 85.7 Å². The van der Waals surface area contributed by atoms with Crippen molar-refractivity contribution in [3.63, 3.8) is 0 Å². The van der Waals surface area contributed by atoms with E-state index >= 15 is 0 Å². The lowest BCUT2D eigenvalue weighted by Gasteiger charge is -2.41. The van der Waals surface area contributed by atoms with Gasteiger partial charge in [0.1, 0.15) is 0 Å². The Labute approximate surface area is 152 Å². The fraction of sp³-hybridized carbons (Fsp3) is 0.500. The minimum absolute atomic E-state index is 0.110. The minimum Gasteiger partial charge on any atom is -0.493 e. The van der Waals surface area contributed by atoms with Crippen LogP contribution in [0.3, 0.4) is 0 Å². The Bertz CT molecular complexity index is 815. The molecule has 4 rings (SSSR count). The highest BCUT2D eigenvalue weighted by molar-refractivity contribution is 6.00. The van der Waals surface area contributed by atoms with Crippen molar-refractivity contribution in [2.45, 2.75) is 50.6 Å². The van der Waals surface area contributed by atoms with Crippen LogP contribution >= 0.6 is 0 Å². The number of carbonyl (C=O) groups is 1. The molecule has 138 valence electrons. The van der Waals surface area contributed by atoms with E-state index in [2.05, 4.69) is 21.3 Å². The van der Waals surface area contributed by atoms with Gasteiger partial charge < -0.3 is 20.4 Å². The summed E-state index contributed by atoms with van der Waals surface area (Å²) >= 11 is 0. The number of hydrogen-bond donors (Lipinski definition) is 3. The standard InChI is InChI=1S/C20H25N3O3/c24-18(25)8-10-21-14-4-6-15(7-5-14)23-11-9-13-12-22-20(26)16-2-1-3-17(23)19(13)16/h1-3,12,14-15,21H,4-11H2,(H,22,26)(H,24,25). The van der Waals surface area contributed by atoms with E-state index < -0.39 is 5.97 Å². The Hall–Kier alpha value is -2.34. The van der Waals surface area contributed by atoms with Crippen LogP contribution in [0.4, 0.5) is 5.69 Å². The first-order valence-electron chi connectivity index (χ1n) is 9.45. The van der Waals surface area contributed by atoms with Crippen molar-refractivity contribution in [2.24, 2.45) is 0 Å². The number of anilines is 1. The Balaban J connectivity index is 1.47. The van der Waals surface area contributed by atoms with Gasteiger partial charge in [-0.15, -0.1) is 0 Å². The minimum atomic E-state index is -0.746. The van der Waals surface area contributed by atoms with Crippen molar-refractivity contribution >= 4 is 22.4 Å². The van der Waals surface area contributed by atoms with E-state index in [1.807, 2.05) is 18.3 Å². The van der Waals surface area contributed by atoms with Gasteiger partial charge in [-0.25, -0.2) is 4.98 Å². The number of carboxylic acid groups (broad SMARTS) is 1. The Morgan fingerprint density at radius 3 is 2.85 bits per heavy atom. The Morgan fingerprint density at radius 1 is 1.27 bits per heavy atom. The summed E-state index contributed by atoms with van der Waals surface area (Å²) in [7, 11) is 0. The van der Waals surface area contributed by atoms with Gasteiger partial charge in [-0.1, -0.05) is 6.07 Å². The van der Waals surface area contributed by atoms with Gasteiger partial charge in [0.25, 0.3) is 0 Å². The smallest absolute Gasteiger partial charge is 0.304 e. The summed E-state index contributed by atoms with van der Waals surface area (Å²) in [5.74, 6) is -0.636. The summed E-state index contributed by atoms with van der Waals surface area (Å²) < 4.78 is 0. The predicted molar refractivity (Wildman–Crippen MR) is 101 cm³/mol. The first kappa shape index (κ1) is 17.1. The number of hydrogen-bond acceptors (Lipinski definition) is 5. The van der Waals surface area contributed by atoms with Gasteiger partial charge in [0.15, 0.2) is 0 Å². The lowest BCUT2D eigenvalue weighted by Crippen LogP contribution is -2.44. The molecular formula is C20H25N3O3. The van der Waals surface area contributed by atoms with E-state index in [9.17, 15) is 9.90 Å². The zero-order valence-corrected chi connectivity index (χ0v) is 14.8. The second kappa shape index (κ2) is 7.11. The molecule has 2 aliphatic rings. The fourth-order valence-corrected chi connectivity index (χ4v) is 4.48. The van der Waals surface area contributed by atoms with Gasteiger partial charge in [0, 0.05) is 47.8 Å². The predicted octanol–water partition coefficient (Wildman–Crippen LogP) is 2.68. The summed E-state index contributed by atoms with van der Waals surface area (Å²) in [4.78, 5) is 17.3. The van der Waals surface area contributed by atoms with E-state index in [1.54, 1.807) is 0 Å². The van der Waals surface area contributed by atoms with Crippen LogP contribution in [-0.2, 0) is 11.2 Å². The monoisotopic (exact) mass is 355 g/mol. The van der Waals surface area contributed by atoms with E-state index in [1.165, 1.54) is 11.3 Å². The van der Waals surface area contributed by atoms with Crippen LogP contribution in [0.1, 0.15) is 37.7 Å². The van der Waals surface area contributed by atoms with Crippen LogP contribution in [0.25, 0.3) is 10.8 Å². The molecule has 0 amide bonds. The van der Waals surface area contributed by atoms with E-state index in [-0.39, 0.29) is 12.3 Å². The SMILES string of the molecule is O=C(O)CCNC1CCC(N2CCc3cnc(O)c4cccc2c34)CC1. The van der Waals surface area contributed by atoms with Gasteiger partial charge in [0.2, 0.25) is 5.88 Å². The van der Waals surface area contributed by atoms with E-state index in [0.29, 0.717) is 18.6 Å². The summed E-state index contributed by atoms with van der Waals surface area (Å²) in [5.41, 5.74) is 2.43. The summed E-state index contributed by atoms with van der Waals surface area (Å²) in [6.07, 6.45) is 7.30. The zero-order valence-electron chi connectivity index (χ0n) is 14.8. The third-order valence-corrected chi connectivity index (χ3v) is 5.79. The van der Waals surface area contributed by atoms with Crippen molar-refractivity contribution in [1.29, 1.82) is 0 Å². The molecule has 0 bridgehead atoms. The number of aromatic nitrogens is 1. The summed E-state index contributed by atoms with van der Waals surface area (Å²) in [6.45, 7) is 1.54. The van der Waals surface area contributed by atoms with E-state index in [4.69, 9.17) is 5.11 Å². The lowest BCUT2D eigenvalue weighted by molar-refractivity contribution is -0.136. The molecule has 3 N–H and O–H groups in total. The molecular weight excluding hydrogens is 330 g/mol. The first-order chi connectivity index (χ1) is 12.6. The molecule has 0 unspecified atom stereocenters. The molecule has 26 heavy (non-hydrogen) atoms. The first-order valence-corrected chi connectivity index (χ1v) is 9.45. The number of nitrogens with one attached hydrogen (secondary N) is 1. The molecule has 1 aromatic heterocycles. The molecule has 2 heterocycles. The van der Waals surface area contributed by atoms with Crippen molar-refractivity contribution in [3.05, 3.63) is 30.0 Å². The van der Waals surface area contributed by atoms with Crippen LogP contribution in [-0.4, -0.2) is 46.3 Å². The Morgan fingerprint density at radius 2 is 2.08 bits per heavy atom. The number of aliphatic carboxylic acids is 1. The molecule has 1 saturated carbocycles. The quantitative estimate of drug-likeness (QED) is 0.765. The summed E-state index contributed by atoms with van der Waals surface area (Å²) in [5, 5.41) is 24.2. The highest BCUT2D eigenvalue weighted by Gasteiger charge is 2.29. The normalized spacial score (nSPS) is 22.5. The molecule has 1 fully saturated rings. The van der Waals surface area contributed by atoms with Crippen LogP contribution < -0.4 is 10.2 Å².